The van der Waals surface area contributed by atoms with Gasteiger partial charge in [0, 0.05) is 24.5 Å². The van der Waals surface area contributed by atoms with Crippen LogP contribution in [0.4, 0.5) is 11.4 Å². The molecule has 2 aliphatic heterocycles. The third-order valence-electron chi connectivity index (χ3n) is 6.00. The lowest BCUT2D eigenvalue weighted by atomic mass is 10.0. The van der Waals surface area contributed by atoms with Crippen molar-refractivity contribution in [2.45, 2.75) is 39.7 Å². The Labute approximate surface area is 201 Å². The third-order valence-corrected chi connectivity index (χ3v) is 6.00. The van der Waals surface area contributed by atoms with Gasteiger partial charge in [-0.1, -0.05) is 12.1 Å². The molecule has 180 valence electrons. The van der Waals surface area contributed by atoms with Crippen LogP contribution in [0.15, 0.2) is 54.2 Å². The molecule has 2 amide bonds. The number of carbonyl (C=O) groups excluding carboxylic acids is 2. The molecule has 0 saturated carbocycles. The highest BCUT2D eigenvalue weighted by Gasteiger charge is 2.39. The van der Waals surface area contributed by atoms with E-state index < -0.39 is 0 Å². The maximum absolute atomic E-state index is 13.3. The summed E-state index contributed by atoms with van der Waals surface area (Å²) in [5, 5.41) is 3.23. The number of nitrogens with one attached hydrogen (secondary N) is 1. The van der Waals surface area contributed by atoms with Crippen LogP contribution in [0, 0.1) is 0 Å². The third kappa shape index (κ3) is 5.25. The molecule has 1 saturated heterocycles. The zero-order valence-corrected chi connectivity index (χ0v) is 20.2. The Kier molecular flexibility index (Phi) is 7.53. The molecule has 2 aromatic carbocycles. The van der Waals surface area contributed by atoms with Crippen molar-refractivity contribution in [1.82, 2.24) is 4.90 Å². The second-order valence-electron chi connectivity index (χ2n) is 8.75. The Balaban J connectivity index is 1.60. The molecule has 0 aliphatic carbocycles. The zero-order valence-electron chi connectivity index (χ0n) is 20.2. The Morgan fingerprint density at radius 1 is 0.941 bits per heavy atom. The second-order valence-corrected chi connectivity index (χ2v) is 8.75. The van der Waals surface area contributed by atoms with Crippen molar-refractivity contribution in [1.29, 1.82) is 0 Å². The monoisotopic (exact) mass is 463 g/mol. The lowest BCUT2D eigenvalue weighted by molar-refractivity contribution is -0.137. The van der Waals surface area contributed by atoms with E-state index in [2.05, 4.69) is 22.3 Å². The highest BCUT2D eigenvalue weighted by atomic mass is 16.5. The van der Waals surface area contributed by atoms with Crippen molar-refractivity contribution in [3.63, 3.8) is 0 Å². The Bertz CT molecular complexity index is 1040. The van der Waals surface area contributed by atoms with Gasteiger partial charge < -0.3 is 19.7 Å². The molecule has 2 heterocycles. The summed E-state index contributed by atoms with van der Waals surface area (Å²) < 4.78 is 11.1. The van der Waals surface area contributed by atoms with Crippen LogP contribution in [-0.4, -0.2) is 55.7 Å². The smallest absolute Gasteiger partial charge is 0.278 e. The van der Waals surface area contributed by atoms with Gasteiger partial charge in [0.1, 0.15) is 11.4 Å². The van der Waals surface area contributed by atoms with Crippen LogP contribution in [-0.2, 0) is 14.3 Å². The number of anilines is 2. The number of benzene rings is 2. The quantitative estimate of drug-likeness (QED) is 0.530. The van der Waals surface area contributed by atoms with E-state index >= 15 is 0 Å². The molecule has 0 bridgehead atoms. The molecule has 7 nitrogen and oxygen atoms in total. The Morgan fingerprint density at radius 3 is 2.24 bits per heavy atom. The van der Waals surface area contributed by atoms with Crippen LogP contribution in [0.2, 0.25) is 0 Å². The fourth-order valence-corrected chi connectivity index (χ4v) is 4.30. The van der Waals surface area contributed by atoms with Crippen molar-refractivity contribution < 1.29 is 19.1 Å². The van der Waals surface area contributed by atoms with Crippen molar-refractivity contribution >= 4 is 28.8 Å². The fraction of sp³-hybridized carbons (Fsp3) is 0.407. The molecule has 34 heavy (non-hydrogen) atoms. The molecule has 0 spiro atoms. The lowest BCUT2D eigenvalue weighted by Gasteiger charge is -2.18. The van der Waals surface area contributed by atoms with E-state index in [4.69, 9.17) is 9.47 Å². The summed E-state index contributed by atoms with van der Waals surface area (Å²) in [6.45, 7) is 8.97. The van der Waals surface area contributed by atoms with Gasteiger partial charge in [0.2, 0.25) is 0 Å². The minimum atomic E-state index is -0.343. The average molecular weight is 464 g/mol. The zero-order chi connectivity index (χ0) is 24.1. The summed E-state index contributed by atoms with van der Waals surface area (Å²) in [5.41, 5.74) is 3.26. The maximum atomic E-state index is 13.3. The van der Waals surface area contributed by atoms with Crippen LogP contribution in [0.5, 0.6) is 5.75 Å². The number of ether oxygens (including phenoxy) is 2. The van der Waals surface area contributed by atoms with Crippen LogP contribution >= 0.6 is 0 Å². The van der Waals surface area contributed by atoms with Gasteiger partial charge in [0.25, 0.3) is 11.8 Å². The van der Waals surface area contributed by atoms with Crippen molar-refractivity contribution in [3.8, 4) is 5.75 Å². The molecule has 2 aliphatic rings. The van der Waals surface area contributed by atoms with Gasteiger partial charge in [0.15, 0.2) is 0 Å². The van der Waals surface area contributed by atoms with E-state index in [1.165, 1.54) is 23.4 Å². The lowest BCUT2D eigenvalue weighted by Crippen LogP contribution is -2.35. The fourth-order valence-electron chi connectivity index (χ4n) is 4.30. The van der Waals surface area contributed by atoms with E-state index in [0.717, 1.165) is 24.5 Å². The van der Waals surface area contributed by atoms with Crippen LogP contribution in [0.25, 0.3) is 5.57 Å². The number of carbonyl (C=O) groups is 2. The number of imide groups is 1. The molecule has 7 heteroatoms. The molecular formula is C27H33N3O4. The van der Waals surface area contributed by atoms with Gasteiger partial charge in [-0.2, -0.15) is 0 Å². The van der Waals surface area contributed by atoms with Crippen molar-refractivity contribution in [2.75, 3.05) is 43.1 Å². The highest BCUT2D eigenvalue weighted by Crippen LogP contribution is 2.32. The van der Waals surface area contributed by atoms with Gasteiger partial charge in [-0.15, -0.1) is 0 Å². The van der Waals surface area contributed by atoms with E-state index in [9.17, 15) is 9.59 Å². The molecule has 0 atom stereocenters. The van der Waals surface area contributed by atoms with Crippen LogP contribution in [0.1, 0.15) is 39.2 Å². The normalized spacial score (nSPS) is 16.2. The summed E-state index contributed by atoms with van der Waals surface area (Å²) in [6, 6.07) is 15.3. The van der Waals surface area contributed by atoms with Gasteiger partial charge in [-0.05, 0) is 75.6 Å². The van der Waals surface area contributed by atoms with Crippen molar-refractivity contribution in [3.05, 3.63) is 59.8 Å². The average Bonchev–Trinajstić information content (AvgIpc) is 3.44. The Morgan fingerprint density at radius 2 is 1.62 bits per heavy atom. The standard InChI is InChI=1S/C27H33N3O4/c1-4-33-23-13-7-20(8-14-23)24-25(27(32)30(26(24)31)17-18-34-19(2)3)28-21-9-11-22(12-10-21)29-15-5-6-16-29/h7-14,19,28H,4-6,15-18H2,1-3H3. The topological polar surface area (TPSA) is 71.1 Å². The van der Waals surface area contributed by atoms with Gasteiger partial charge in [0.05, 0.1) is 31.4 Å². The summed E-state index contributed by atoms with van der Waals surface area (Å²) in [6.07, 6.45) is 2.45. The van der Waals surface area contributed by atoms with Gasteiger partial charge in [-0.3, -0.25) is 14.5 Å². The number of hydrogen-bond donors (Lipinski definition) is 1. The predicted molar refractivity (Wildman–Crippen MR) is 134 cm³/mol. The molecule has 4 rings (SSSR count). The summed E-state index contributed by atoms with van der Waals surface area (Å²) >= 11 is 0. The molecule has 1 N–H and O–H groups in total. The highest BCUT2D eigenvalue weighted by molar-refractivity contribution is 6.36. The number of hydrogen-bond acceptors (Lipinski definition) is 6. The molecule has 0 aromatic heterocycles. The first-order valence-corrected chi connectivity index (χ1v) is 12.0. The molecule has 1 fully saturated rings. The summed E-state index contributed by atoms with van der Waals surface area (Å²) in [5.74, 6) is 0.0559. The first-order chi connectivity index (χ1) is 16.5. The molecule has 2 aromatic rings. The van der Waals surface area contributed by atoms with Gasteiger partial charge >= 0.3 is 0 Å². The predicted octanol–water partition coefficient (Wildman–Crippen LogP) is 4.30. The maximum Gasteiger partial charge on any atom is 0.278 e. The minimum Gasteiger partial charge on any atom is -0.494 e. The Hall–Kier alpha value is -3.32. The molecule has 0 radical (unpaired) electrons. The second kappa shape index (κ2) is 10.7. The largest absolute Gasteiger partial charge is 0.494 e. The summed E-state index contributed by atoms with van der Waals surface area (Å²) in [7, 11) is 0. The molecular weight excluding hydrogens is 430 g/mol. The number of nitrogens with zero attached hydrogens (tertiary/aromatic N) is 2. The van der Waals surface area contributed by atoms with E-state index in [-0.39, 0.29) is 30.2 Å². The van der Waals surface area contributed by atoms with Crippen molar-refractivity contribution in [2.24, 2.45) is 0 Å². The van der Waals surface area contributed by atoms with Gasteiger partial charge in [-0.25, -0.2) is 0 Å². The van der Waals surface area contributed by atoms with E-state index in [0.29, 0.717) is 24.4 Å². The molecule has 0 unspecified atom stereocenters. The van der Waals surface area contributed by atoms with Crippen LogP contribution in [0.3, 0.4) is 0 Å². The van der Waals surface area contributed by atoms with E-state index in [1.807, 2.05) is 57.2 Å². The SMILES string of the molecule is CCOc1ccc(C2=C(Nc3ccc(N4CCCC4)cc3)C(=O)N(CCOC(C)C)C2=O)cc1. The van der Waals surface area contributed by atoms with Crippen LogP contribution < -0.4 is 15.0 Å². The van der Waals surface area contributed by atoms with E-state index in [1.54, 1.807) is 0 Å². The summed E-state index contributed by atoms with van der Waals surface area (Å²) in [4.78, 5) is 30.3. The number of rotatable bonds is 10. The first kappa shape index (κ1) is 23.8. The minimum absolute atomic E-state index is 0.0260. The first-order valence-electron chi connectivity index (χ1n) is 12.0. The number of amides is 2.